The summed E-state index contributed by atoms with van der Waals surface area (Å²) >= 11 is 0. The molecule has 0 radical (unpaired) electrons. The Morgan fingerprint density at radius 3 is 2.42 bits per heavy atom. The molecular weight excluding hydrogens is 234 g/mol. The summed E-state index contributed by atoms with van der Waals surface area (Å²) in [5.74, 6) is 0.841. The normalized spacial score (nSPS) is 35.3. The van der Waals surface area contributed by atoms with Crippen molar-refractivity contribution in [2.75, 3.05) is 0 Å². The van der Waals surface area contributed by atoms with Gasteiger partial charge in [0.15, 0.2) is 0 Å². The van der Waals surface area contributed by atoms with E-state index in [0.29, 0.717) is 11.5 Å². The Bertz CT molecular complexity index is 493. The van der Waals surface area contributed by atoms with Crippen molar-refractivity contribution in [2.45, 2.75) is 46.1 Å². The molecular formula is C17H23NO. The van der Waals surface area contributed by atoms with Crippen molar-refractivity contribution in [1.82, 2.24) is 5.32 Å². The number of carbonyl (C=O) groups is 1. The zero-order chi connectivity index (χ0) is 13.7. The molecule has 2 heteroatoms. The molecule has 0 heterocycles. The molecule has 1 amide bonds. The van der Waals surface area contributed by atoms with Crippen LogP contribution in [0.2, 0.25) is 0 Å². The third-order valence-corrected chi connectivity index (χ3v) is 6.14. The molecule has 2 bridgehead atoms. The second-order valence-corrected chi connectivity index (χ2v) is 7.00. The number of nitrogens with one attached hydrogen (secondary N) is 1. The quantitative estimate of drug-likeness (QED) is 0.861. The lowest BCUT2D eigenvalue weighted by Gasteiger charge is -2.39. The van der Waals surface area contributed by atoms with Crippen LogP contribution >= 0.6 is 0 Å². The predicted molar refractivity (Wildman–Crippen MR) is 76.9 cm³/mol. The van der Waals surface area contributed by atoms with Gasteiger partial charge in [-0.05, 0) is 48.1 Å². The van der Waals surface area contributed by atoms with Crippen LogP contribution in [0.25, 0.3) is 0 Å². The number of rotatable bonds is 2. The summed E-state index contributed by atoms with van der Waals surface area (Å²) in [5, 5.41) is 3.28. The summed E-state index contributed by atoms with van der Waals surface area (Å²) < 4.78 is 0. The van der Waals surface area contributed by atoms with Gasteiger partial charge < -0.3 is 5.32 Å². The zero-order valence-corrected chi connectivity index (χ0v) is 12.1. The molecule has 1 aromatic rings. The van der Waals surface area contributed by atoms with Crippen LogP contribution < -0.4 is 5.32 Å². The van der Waals surface area contributed by atoms with Crippen molar-refractivity contribution in [3.8, 4) is 0 Å². The van der Waals surface area contributed by atoms with E-state index < -0.39 is 0 Å². The number of carbonyl (C=O) groups excluding carboxylic acids is 1. The highest BCUT2D eigenvalue weighted by atomic mass is 16.1. The lowest BCUT2D eigenvalue weighted by molar-refractivity contribution is 0.0826. The fraction of sp³-hybridized carbons (Fsp3) is 0.588. The molecule has 2 nitrogen and oxygen atoms in total. The first-order valence-electron chi connectivity index (χ1n) is 7.31. The van der Waals surface area contributed by atoms with Crippen molar-refractivity contribution >= 4 is 5.91 Å². The largest absolute Gasteiger partial charge is 0.349 e. The molecule has 1 aromatic carbocycles. The van der Waals surface area contributed by atoms with Gasteiger partial charge in [-0.2, -0.15) is 0 Å². The summed E-state index contributed by atoms with van der Waals surface area (Å²) in [5.41, 5.74) is 1.37. The minimum absolute atomic E-state index is 0.0789. The van der Waals surface area contributed by atoms with Crippen LogP contribution in [0.3, 0.4) is 0 Å². The second kappa shape index (κ2) is 4.09. The Morgan fingerprint density at radius 2 is 1.89 bits per heavy atom. The summed E-state index contributed by atoms with van der Waals surface area (Å²) in [4.78, 5) is 12.3. The molecule has 102 valence electrons. The maximum Gasteiger partial charge on any atom is 0.251 e. The monoisotopic (exact) mass is 257 g/mol. The average molecular weight is 257 g/mol. The Kier molecular flexibility index (Phi) is 2.74. The summed E-state index contributed by atoms with van der Waals surface area (Å²) in [7, 11) is 0. The van der Waals surface area contributed by atoms with Gasteiger partial charge in [-0.3, -0.25) is 4.79 Å². The Hall–Kier alpha value is -1.31. The smallest absolute Gasteiger partial charge is 0.251 e. The van der Waals surface area contributed by atoms with Crippen molar-refractivity contribution < 1.29 is 4.79 Å². The first kappa shape index (κ1) is 12.7. The van der Waals surface area contributed by atoms with E-state index in [1.807, 2.05) is 30.3 Å². The standard InChI is InChI=1S/C17H23NO/c1-16(2)13-9-10-17(16,3)14(11-13)18-15(19)12-7-5-4-6-8-12/h4-8,13-14H,9-11H2,1-3H3,(H,18,19)/t13-,14+,17-/m0/s1. The van der Waals surface area contributed by atoms with Gasteiger partial charge in [-0.25, -0.2) is 0 Å². The van der Waals surface area contributed by atoms with Crippen molar-refractivity contribution in [1.29, 1.82) is 0 Å². The van der Waals surface area contributed by atoms with Gasteiger partial charge in [-0.1, -0.05) is 39.0 Å². The number of benzene rings is 1. The van der Waals surface area contributed by atoms with Gasteiger partial charge in [0.2, 0.25) is 0 Å². The Morgan fingerprint density at radius 1 is 1.21 bits per heavy atom. The highest BCUT2D eigenvalue weighted by molar-refractivity contribution is 5.94. The summed E-state index contributed by atoms with van der Waals surface area (Å²) in [6.45, 7) is 7.11. The average Bonchev–Trinajstić information content (AvgIpc) is 2.73. The second-order valence-electron chi connectivity index (χ2n) is 7.00. The number of hydrogen-bond donors (Lipinski definition) is 1. The van der Waals surface area contributed by atoms with E-state index in [9.17, 15) is 4.79 Å². The highest BCUT2D eigenvalue weighted by Crippen LogP contribution is 2.65. The number of amides is 1. The molecule has 2 fully saturated rings. The van der Waals surface area contributed by atoms with E-state index in [-0.39, 0.29) is 11.3 Å². The molecule has 0 saturated heterocycles. The van der Waals surface area contributed by atoms with E-state index in [1.165, 1.54) is 12.8 Å². The van der Waals surface area contributed by atoms with Crippen LogP contribution in [-0.2, 0) is 0 Å². The molecule has 2 aliphatic carbocycles. The van der Waals surface area contributed by atoms with Crippen LogP contribution in [0, 0.1) is 16.7 Å². The van der Waals surface area contributed by atoms with Crippen LogP contribution in [-0.4, -0.2) is 11.9 Å². The molecule has 1 N–H and O–H groups in total. The molecule has 3 rings (SSSR count). The minimum atomic E-state index is 0.0789. The zero-order valence-electron chi connectivity index (χ0n) is 12.1. The molecule has 0 aromatic heterocycles. The highest BCUT2D eigenvalue weighted by Gasteiger charge is 2.61. The van der Waals surface area contributed by atoms with Crippen LogP contribution in [0.1, 0.15) is 50.4 Å². The number of fused-ring (bicyclic) bond motifs is 2. The summed E-state index contributed by atoms with van der Waals surface area (Å²) in [6, 6.07) is 9.88. The number of hydrogen-bond acceptors (Lipinski definition) is 1. The van der Waals surface area contributed by atoms with Crippen molar-refractivity contribution in [3.63, 3.8) is 0 Å². The van der Waals surface area contributed by atoms with Gasteiger partial charge in [0.1, 0.15) is 0 Å². The minimum Gasteiger partial charge on any atom is -0.349 e. The molecule has 2 saturated carbocycles. The van der Waals surface area contributed by atoms with Crippen molar-refractivity contribution in [2.24, 2.45) is 16.7 Å². The molecule has 3 atom stereocenters. The summed E-state index contributed by atoms with van der Waals surface area (Å²) in [6.07, 6.45) is 3.70. The Balaban J connectivity index is 1.78. The first-order valence-corrected chi connectivity index (χ1v) is 7.31. The lowest BCUT2D eigenvalue weighted by Crippen LogP contribution is -2.46. The SMILES string of the molecule is CC1(C)[C@H]2CC[C@@]1(C)[C@H](NC(=O)c1ccccc1)C2. The lowest BCUT2D eigenvalue weighted by atomic mass is 9.69. The van der Waals surface area contributed by atoms with E-state index >= 15 is 0 Å². The van der Waals surface area contributed by atoms with E-state index in [0.717, 1.165) is 17.9 Å². The van der Waals surface area contributed by atoms with Gasteiger partial charge in [0, 0.05) is 11.6 Å². The van der Waals surface area contributed by atoms with Crippen LogP contribution in [0.5, 0.6) is 0 Å². The molecule has 2 aliphatic rings. The van der Waals surface area contributed by atoms with Crippen LogP contribution in [0.15, 0.2) is 30.3 Å². The van der Waals surface area contributed by atoms with Gasteiger partial charge in [0.05, 0.1) is 0 Å². The predicted octanol–water partition coefficient (Wildman–Crippen LogP) is 3.63. The molecule has 0 aliphatic heterocycles. The van der Waals surface area contributed by atoms with E-state index in [4.69, 9.17) is 0 Å². The molecule has 0 spiro atoms. The van der Waals surface area contributed by atoms with Crippen molar-refractivity contribution in [3.05, 3.63) is 35.9 Å². The van der Waals surface area contributed by atoms with Crippen LogP contribution in [0.4, 0.5) is 0 Å². The van der Waals surface area contributed by atoms with E-state index in [1.54, 1.807) is 0 Å². The fourth-order valence-corrected chi connectivity index (χ4v) is 4.25. The first-order chi connectivity index (χ1) is 8.95. The van der Waals surface area contributed by atoms with Gasteiger partial charge >= 0.3 is 0 Å². The Labute approximate surface area is 115 Å². The molecule has 0 unspecified atom stereocenters. The molecule has 19 heavy (non-hydrogen) atoms. The third kappa shape index (κ3) is 1.73. The maximum atomic E-state index is 12.3. The third-order valence-electron chi connectivity index (χ3n) is 6.14. The topological polar surface area (TPSA) is 29.1 Å². The fourth-order valence-electron chi connectivity index (χ4n) is 4.25. The van der Waals surface area contributed by atoms with E-state index in [2.05, 4.69) is 26.1 Å². The van der Waals surface area contributed by atoms with Gasteiger partial charge in [-0.15, -0.1) is 0 Å². The maximum absolute atomic E-state index is 12.3. The van der Waals surface area contributed by atoms with Gasteiger partial charge in [0.25, 0.3) is 5.91 Å².